The fourth-order valence-electron chi connectivity index (χ4n) is 2.22. The van der Waals surface area contributed by atoms with Gasteiger partial charge in [0.1, 0.15) is 0 Å². The van der Waals surface area contributed by atoms with Crippen LogP contribution in [0.15, 0.2) is 51.4 Å². The fourth-order valence-corrected chi connectivity index (χ4v) is 5.00. The molecule has 0 radical (unpaired) electrons. The lowest BCUT2D eigenvalue weighted by atomic mass is 10.0. The van der Waals surface area contributed by atoms with Gasteiger partial charge in [0.25, 0.3) is 0 Å². The van der Waals surface area contributed by atoms with Gasteiger partial charge in [-0.15, -0.1) is 22.9 Å². The highest BCUT2D eigenvalue weighted by Gasteiger charge is 2.17. The molecular weight excluding hydrogens is 420 g/mol. The van der Waals surface area contributed by atoms with Crippen LogP contribution in [-0.4, -0.2) is 0 Å². The number of thiophene rings is 1. The van der Waals surface area contributed by atoms with Crippen LogP contribution in [0.3, 0.4) is 0 Å². The molecule has 0 saturated heterocycles. The molecule has 0 saturated carbocycles. The Kier molecular flexibility index (Phi) is 4.23. The molecule has 1 aromatic heterocycles. The van der Waals surface area contributed by atoms with Gasteiger partial charge in [-0.3, -0.25) is 0 Å². The summed E-state index contributed by atoms with van der Waals surface area (Å²) in [6, 6.07) is 14.8. The van der Waals surface area contributed by atoms with E-state index < -0.39 is 0 Å². The van der Waals surface area contributed by atoms with Crippen LogP contribution in [-0.2, 0) is 0 Å². The lowest BCUT2D eigenvalue weighted by Crippen LogP contribution is -1.91. The number of halogens is 3. The number of benzene rings is 2. The SMILES string of the molecule is Cc1cc(Br)c(C(Cl)c2ccc3cc(Br)ccc3c2)s1. The van der Waals surface area contributed by atoms with Crippen LogP contribution in [0.25, 0.3) is 10.8 Å². The summed E-state index contributed by atoms with van der Waals surface area (Å²) < 4.78 is 2.19. The smallest absolute Gasteiger partial charge is 0.0939 e. The molecule has 102 valence electrons. The first-order valence-corrected chi connectivity index (χ1v) is 8.97. The zero-order valence-corrected chi connectivity index (χ0v) is 15.4. The lowest BCUT2D eigenvalue weighted by molar-refractivity contribution is 1.18. The van der Waals surface area contributed by atoms with Crippen molar-refractivity contribution in [3.05, 3.63) is 66.7 Å². The Hall–Kier alpha value is -0.350. The highest BCUT2D eigenvalue weighted by molar-refractivity contribution is 9.10. The predicted octanol–water partition coefficient (Wildman–Crippen LogP) is 7.06. The molecule has 0 amide bonds. The molecule has 0 aliphatic rings. The predicted molar refractivity (Wildman–Crippen MR) is 96.1 cm³/mol. The van der Waals surface area contributed by atoms with Crippen molar-refractivity contribution in [3.63, 3.8) is 0 Å². The number of alkyl halides is 1. The molecule has 2 aromatic carbocycles. The minimum absolute atomic E-state index is 0.115. The number of hydrogen-bond donors (Lipinski definition) is 0. The molecule has 1 heterocycles. The van der Waals surface area contributed by atoms with E-state index in [0.717, 1.165) is 14.5 Å². The zero-order valence-electron chi connectivity index (χ0n) is 10.7. The second kappa shape index (κ2) is 5.80. The maximum Gasteiger partial charge on any atom is 0.0939 e. The van der Waals surface area contributed by atoms with Gasteiger partial charge in [0.15, 0.2) is 0 Å². The summed E-state index contributed by atoms with van der Waals surface area (Å²) >= 11 is 15.5. The van der Waals surface area contributed by atoms with Crippen molar-refractivity contribution in [1.82, 2.24) is 0 Å². The molecule has 0 aliphatic heterocycles. The van der Waals surface area contributed by atoms with E-state index in [2.05, 4.69) is 81.2 Å². The molecule has 20 heavy (non-hydrogen) atoms. The van der Waals surface area contributed by atoms with Crippen molar-refractivity contribution in [2.75, 3.05) is 0 Å². The van der Waals surface area contributed by atoms with Crippen molar-refractivity contribution < 1.29 is 0 Å². The summed E-state index contributed by atoms with van der Waals surface area (Å²) in [6.45, 7) is 2.10. The van der Waals surface area contributed by atoms with E-state index in [-0.39, 0.29) is 5.38 Å². The molecule has 3 aromatic rings. The highest BCUT2D eigenvalue weighted by atomic mass is 79.9. The van der Waals surface area contributed by atoms with E-state index in [1.54, 1.807) is 11.3 Å². The quantitative estimate of drug-likeness (QED) is 0.382. The van der Waals surface area contributed by atoms with Crippen LogP contribution < -0.4 is 0 Å². The Morgan fingerprint density at radius 1 is 1.00 bits per heavy atom. The molecule has 0 N–H and O–H groups in total. The van der Waals surface area contributed by atoms with Crippen LogP contribution in [0.2, 0.25) is 0 Å². The maximum absolute atomic E-state index is 6.65. The average molecular weight is 431 g/mol. The van der Waals surface area contributed by atoms with E-state index >= 15 is 0 Å². The van der Waals surface area contributed by atoms with E-state index in [9.17, 15) is 0 Å². The van der Waals surface area contributed by atoms with Crippen molar-refractivity contribution in [2.24, 2.45) is 0 Å². The van der Waals surface area contributed by atoms with Gasteiger partial charge >= 0.3 is 0 Å². The summed E-state index contributed by atoms with van der Waals surface area (Å²) in [5.74, 6) is 0. The van der Waals surface area contributed by atoms with Gasteiger partial charge in [-0.25, -0.2) is 0 Å². The Balaban J connectivity index is 2.05. The first-order valence-electron chi connectivity index (χ1n) is 6.14. The summed E-state index contributed by atoms with van der Waals surface area (Å²) in [5, 5.41) is 2.31. The fraction of sp³-hybridized carbons (Fsp3) is 0.125. The molecule has 4 heteroatoms. The van der Waals surface area contributed by atoms with Gasteiger partial charge in [-0.2, -0.15) is 0 Å². The van der Waals surface area contributed by atoms with Crippen LogP contribution >= 0.6 is 54.8 Å². The lowest BCUT2D eigenvalue weighted by Gasteiger charge is -2.10. The monoisotopic (exact) mass is 428 g/mol. The number of rotatable bonds is 2. The first-order chi connectivity index (χ1) is 9.54. The van der Waals surface area contributed by atoms with Gasteiger partial charge in [-0.05, 0) is 63.5 Å². The Morgan fingerprint density at radius 3 is 2.40 bits per heavy atom. The number of fused-ring (bicyclic) bond motifs is 1. The summed E-state index contributed by atoms with van der Waals surface area (Å²) in [7, 11) is 0. The van der Waals surface area contributed by atoms with Gasteiger partial charge in [-0.1, -0.05) is 34.1 Å². The second-order valence-electron chi connectivity index (χ2n) is 4.68. The third kappa shape index (κ3) is 2.82. The molecule has 0 fully saturated rings. The highest BCUT2D eigenvalue weighted by Crippen LogP contribution is 2.40. The molecular formula is C16H11Br2ClS. The first kappa shape index (κ1) is 14.6. The van der Waals surface area contributed by atoms with Crippen LogP contribution in [0.1, 0.15) is 20.7 Å². The molecule has 1 unspecified atom stereocenters. The second-order valence-corrected chi connectivity index (χ2v) is 8.18. The Morgan fingerprint density at radius 2 is 1.70 bits per heavy atom. The van der Waals surface area contributed by atoms with Gasteiger partial charge < -0.3 is 0 Å². The average Bonchev–Trinajstić information content (AvgIpc) is 2.76. The number of aryl methyl sites for hydroxylation is 1. The van der Waals surface area contributed by atoms with Crippen molar-refractivity contribution in [1.29, 1.82) is 0 Å². The van der Waals surface area contributed by atoms with E-state index in [4.69, 9.17) is 11.6 Å². The van der Waals surface area contributed by atoms with E-state index in [1.165, 1.54) is 20.5 Å². The van der Waals surface area contributed by atoms with Gasteiger partial charge in [0.2, 0.25) is 0 Å². The molecule has 0 aliphatic carbocycles. The van der Waals surface area contributed by atoms with Crippen molar-refractivity contribution >= 4 is 65.6 Å². The molecule has 0 nitrogen and oxygen atoms in total. The topological polar surface area (TPSA) is 0 Å². The summed E-state index contributed by atoms with van der Waals surface area (Å²) in [4.78, 5) is 2.43. The van der Waals surface area contributed by atoms with E-state index in [1.807, 2.05) is 0 Å². The Labute approximate surface area is 144 Å². The van der Waals surface area contributed by atoms with Gasteiger partial charge in [0, 0.05) is 18.7 Å². The molecule has 1 atom stereocenters. The maximum atomic E-state index is 6.65. The summed E-state index contributed by atoms with van der Waals surface area (Å²) in [6.07, 6.45) is 0. The minimum atomic E-state index is -0.115. The van der Waals surface area contributed by atoms with Crippen LogP contribution in [0.4, 0.5) is 0 Å². The molecule has 0 spiro atoms. The van der Waals surface area contributed by atoms with Gasteiger partial charge in [0.05, 0.1) is 5.38 Å². The van der Waals surface area contributed by atoms with E-state index in [0.29, 0.717) is 0 Å². The van der Waals surface area contributed by atoms with Crippen LogP contribution in [0, 0.1) is 6.92 Å². The summed E-state index contributed by atoms with van der Waals surface area (Å²) in [5.41, 5.74) is 1.13. The largest absolute Gasteiger partial charge is 0.143 e. The number of hydrogen-bond acceptors (Lipinski definition) is 1. The van der Waals surface area contributed by atoms with Crippen molar-refractivity contribution in [2.45, 2.75) is 12.3 Å². The Bertz CT molecular complexity index is 779. The third-order valence-corrected chi connectivity index (χ3v) is 6.31. The zero-order chi connectivity index (χ0) is 14.3. The normalized spacial score (nSPS) is 12.8. The van der Waals surface area contributed by atoms with Crippen LogP contribution in [0.5, 0.6) is 0 Å². The standard InChI is InChI=1S/C16H11Br2ClS/c1-9-6-14(18)16(20-9)15(19)12-3-2-11-8-13(17)5-4-10(11)7-12/h2-8,15H,1H3. The molecule has 0 bridgehead atoms. The minimum Gasteiger partial charge on any atom is -0.143 e. The third-order valence-electron chi connectivity index (χ3n) is 3.19. The van der Waals surface area contributed by atoms with Crippen molar-refractivity contribution in [3.8, 4) is 0 Å². The molecule has 3 rings (SSSR count).